The first kappa shape index (κ1) is 26.3. The number of aromatic nitrogens is 2. The van der Waals surface area contributed by atoms with Gasteiger partial charge in [0.2, 0.25) is 5.91 Å². The lowest BCUT2D eigenvalue weighted by molar-refractivity contribution is -0.133. The number of hydrogen-bond donors (Lipinski definition) is 3. The van der Waals surface area contributed by atoms with Crippen LogP contribution >= 0.6 is 11.6 Å². The van der Waals surface area contributed by atoms with E-state index in [1.54, 1.807) is 36.8 Å². The van der Waals surface area contributed by atoms with Crippen molar-refractivity contribution in [2.24, 2.45) is 0 Å². The van der Waals surface area contributed by atoms with E-state index in [1.807, 2.05) is 0 Å². The zero-order chi connectivity index (χ0) is 25.4. The van der Waals surface area contributed by atoms with Gasteiger partial charge in [-0.05, 0) is 36.6 Å². The average Bonchev–Trinajstić information content (AvgIpc) is 2.86. The fourth-order valence-electron chi connectivity index (χ4n) is 3.45. The van der Waals surface area contributed by atoms with Gasteiger partial charge >= 0.3 is 6.09 Å². The number of nitrogens with zero attached hydrogens (tertiary/aromatic N) is 3. The number of fused-ring (bicyclic) bond motifs is 1. The van der Waals surface area contributed by atoms with E-state index >= 15 is 0 Å². The number of hydrogen-bond acceptors (Lipinski definition) is 7. The number of benzene rings is 1. The predicted molar refractivity (Wildman–Crippen MR) is 129 cm³/mol. The summed E-state index contributed by atoms with van der Waals surface area (Å²) in [6, 6.07) is 7.10. The van der Waals surface area contributed by atoms with Crippen molar-refractivity contribution in [1.82, 2.24) is 14.9 Å². The number of pyridine rings is 2. The van der Waals surface area contributed by atoms with Crippen molar-refractivity contribution in [1.29, 1.82) is 0 Å². The molecule has 0 aliphatic heterocycles. The third-order valence-corrected chi connectivity index (χ3v) is 5.92. The SMILES string of the molecule is CN(C(=O)CCc1cccc(F)c1Cl)[C@H](COC(=O)Nc1cc2cnccc2cn1)CC(O)CO. The molecule has 186 valence electrons. The van der Waals surface area contributed by atoms with E-state index in [4.69, 9.17) is 16.3 Å². The Morgan fingerprint density at radius 1 is 1.26 bits per heavy atom. The Hall–Kier alpha value is -3.34. The van der Waals surface area contributed by atoms with Crippen LogP contribution < -0.4 is 5.32 Å². The third kappa shape index (κ3) is 7.32. The lowest BCUT2D eigenvalue weighted by Gasteiger charge is -2.29. The summed E-state index contributed by atoms with van der Waals surface area (Å²) in [5.41, 5.74) is 0.495. The highest BCUT2D eigenvalue weighted by Gasteiger charge is 2.24. The minimum atomic E-state index is -1.12. The zero-order valence-corrected chi connectivity index (χ0v) is 19.8. The largest absolute Gasteiger partial charge is 0.447 e. The van der Waals surface area contributed by atoms with Crippen LogP contribution in [-0.4, -0.2) is 69.5 Å². The number of likely N-dealkylation sites (N-methyl/N-ethyl adjacent to an activating group) is 1. The highest BCUT2D eigenvalue weighted by molar-refractivity contribution is 6.31. The number of halogens is 2. The molecular formula is C24H26ClFN4O5. The van der Waals surface area contributed by atoms with Crippen LogP contribution in [0.4, 0.5) is 15.0 Å². The predicted octanol–water partition coefficient (Wildman–Crippen LogP) is 3.17. The maximum absolute atomic E-state index is 13.6. The van der Waals surface area contributed by atoms with Crippen LogP contribution in [-0.2, 0) is 16.0 Å². The Morgan fingerprint density at radius 3 is 2.83 bits per heavy atom. The molecule has 0 saturated carbocycles. The summed E-state index contributed by atoms with van der Waals surface area (Å²) in [4.78, 5) is 34.6. The van der Waals surface area contributed by atoms with Gasteiger partial charge in [-0.2, -0.15) is 0 Å². The van der Waals surface area contributed by atoms with E-state index in [1.165, 1.54) is 24.1 Å². The second-order valence-electron chi connectivity index (χ2n) is 7.96. The van der Waals surface area contributed by atoms with E-state index < -0.39 is 30.7 Å². The van der Waals surface area contributed by atoms with Gasteiger partial charge in [0.05, 0.1) is 23.8 Å². The molecule has 0 aliphatic carbocycles. The Balaban J connectivity index is 1.59. The second-order valence-corrected chi connectivity index (χ2v) is 8.34. The summed E-state index contributed by atoms with van der Waals surface area (Å²) in [5.74, 6) is -0.627. The Kier molecular flexibility index (Phi) is 9.30. The van der Waals surface area contributed by atoms with Crippen molar-refractivity contribution >= 4 is 40.2 Å². The molecule has 0 bridgehead atoms. The molecule has 0 aliphatic rings. The molecule has 3 aromatic rings. The number of carbonyl (C=O) groups is 2. The maximum atomic E-state index is 13.6. The molecule has 2 aromatic heterocycles. The highest BCUT2D eigenvalue weighted by atomic mass is 35.5. The standard InChI is InChI=1S/C24H26ClFN4O5/c1-30(22(33)6-5-15-3-2-4-20(26)23(15)25)18(10-19(32)13-31)14-35-24(34)29-21-9-17-11-27-8-7-16(17)12-28-21/h2-4,7-9,11-12,18-19,31-32H,5-6,10,13-14H2,1H3,(H,28,29,34)/t18-,19?/m0/s1. The third-order valence-electron chi connectivity index (χ3n) is 5.49. The molecule has 0 saturated heterocycles. The fourth-order valence-corrected chi connectivity index (χ4v) is 3.67. The smallest absolute Gasteiger partial charge is 0.412 e. The van der Waals surface area contributed by atoms with E-state index in [0.29, 0.717) is 5.56 Å². The van der Waals surface area contributed by atoms with Crippen molar-refractivity contribution in [2.75, 3.05) is 25.6 Å². The van der Waals surface area contributed by atoms with Gasteiger partial charge in [-0.25, -0.2) is 14.2 Å². The van der Waals surface area contributed by atoms with Gasteiger partial charge in [-0.3, -0.25) is 15.1 Å². The first-order chi connectivity index (χ1) is 16.8. The van der Waals surface area contributed by atoms with Gasteiger partial charge in [0.1, 0.15) is 18.2 Å². The van der Waals surface area contributed by atoms with Crippen molar-refractivity contribution < 1.29 is 28.9 Å². The van der Waals surface area contributed by atoms with Crippen LogP contribution in [0.15, 0.2) is 48.9 Å². The summed E-state index contributed by atoms with van der Waals surface area (Å²) in [6.07, 6.45) is 3.15. The molecule has 2 amide bonds. The van der Waals surface area contributed by atoms with Gasteiger partial charge in [-0.1, -0.05) is 23.7 Å². The van der Waals surface area contributed by atoms with Crippen molar-refractivity contribution in [3.05, 3.63) is 65.3 Å². The molecule has 2 atom stereocenters. The first-order valence-electron chi connectivity index (χ1n) is 10.9. The Labute approximate surface area is 206 Å². The number of amides is 2. The topological polar surface area (TPSA) is 125 Å². The summed E-state index contributed by atoms with van der Waals surface area (Å²) in [6.45, 7) is -0.750. The van der Waals surface area contributed by atoms with Crippen LogP contribution in [0.2, 0.25) is 5.02 Å². The Bertz CT molecular complexity index is 1180. The van der Waals surface area contributed by atoms with Gasteiger partial charge < -0.3 is 19.8 Å². The van der Waals surface area contributed by atoms with Crippen LogP contribution in [0, 0.1) is 5.82 Å². The minimum Gasteiger partial charge on any atom is -0.447 e. The molecule has 3 N–H and O–H groups in total. The summed E-state index contributed by atoms with van der Waals surface area (Å²) < 4.78 is 18.9. The first-order valence-corrected chi connectivity index (χ1v) is 11.3. The molecule has 0 radical (unpaired) electrons. The van der Waals surface area contributed by atoms with Crippen LogP contribution in [0.5, 0.6) is 0 Å². The van der Waals surface area contributed by atoms with Gasteiger partial charge in [0.25, 0.3) is 0 Å². The molecule has 1 aromatic carbocycles. The number of anilines is 1. The number of carbonyl (C=O) groups excluding carboxylic acids is 2. The minimum absolute atomic E-state index is 0.0205. The lowest BCUT2D eigenvalue weighted by atomic mass is 10.1. The van der Waals surface area contributed by atoms with E-state index in [2.05, 4.69) is 15.3 Å². The Morgan fingerprint density at radius 2 is 2.06 bits per heavy atom. The molecule has 9 nitrogen and oxygen atoms in total. The normalized spacial score (nSPS) is 12.7. The summed E-state index contributed by atoms with van der Waals surface area (Å²) in [5, 5.41) is 23.3. The van der Waals surface area contributed by atoms with Gasteiger partial charge in [-0.15, -0.1) is 0 Å². The average molecular weight is 505 g/mol. The molecule has 0 fully saturated rings. The van der Waals surface area contributed by atoms with Gasteiger partial charge in [0.15, 0.2) is 0 Å². The summed E-state index contributed by atoms with van der Waals surface area (Å²) in [7, 11) is 1.50. The molecular weight excluding hydrogens is 479 g/mol. The number of aliphatic hydroxyl groups excluding tert-OH is 2. The van der Waals surface area contributed by atoms with E-state index in [0.717, 1.165) is 10.8 Å². The molecule has 0 spiro atoms. The van der Waals surface area contributed by atoms with Gasteiger partial charge in [0, 0.05) is 42.8 Å². The number of nitrogens with one attached hydrogen (secondary N) is 1. The lowest BCUT2D eigenvalue weighted by Crippen LogP contribution is -2.43. The van der Waals surface area contributed by atoms with Crippen LogP contribution in [0.3, 0.4) is 0 Å². The second kappa shape index (κ2) is 12.4. The fraction of sp³-hybridized carbons (Fsp3) is 0.333. The number of rotatable bonds is 10. The molecule has 1 unspecified atom stereocenters. The number of aryl methyl sites for hydroxylation is 1. The molecule has 3 rings (SSSR count). The quantitative estimate of drug-likeness (QED) is 0.387. The molecule has 2 heterocycles. The number of aliphatic hydroxyl groups is 2. The van der Waals surface area contributed by atoms with Crippen LogP contribution in [0.25, 0.3) is 10.8 Å². The monoisotopic (exact) mass is 504 g/mol. The van der Waals surface area contributed by atoms with E-state index in [9.17, 15) is 24.2 Å². The van der Waals surface area contributed by atoms with Crippen LogP contribution in [0.1, 0.15) is 18.4 Å². The highest BCUT2D eigenvalue weighted by Crippen LogP contribution is 2.21. The van der Waals surface area contributed by atoms with E-state index in [-0.39, 0.29) is 42.6 Å². The maximum Gasteiger partial charge on any atom is 0.412 e. The zero-order valence-electron chi connectivity index (χ0n) is 19.0. The molecule has 11 heteroatoms. The van der Waals surface area contributed by atoms with Crippen molar-refractivity contribution in [2.45, 2.75) is 31.4 Å². The number of ether oxygens (including phenoxy) is 1. The van der Waals surface area contributed by atoms with Crippen molar-refractivity contribution in [3.63, 3.8) is 0 Å². The molecule has 35 heavy (non-hydrogen) atoms. The summed E-state index contributed by atoms with van der Waals surface area (Å²) >= 11 is 5.96. The van der Waals surface area contributed by atoms with Crippen molar-refractivity contribution in [3.8, 4) is 0 Å².